The normalized spacial score (nSPS) is 20.2. The maximum Gasteiger partial charge on any atom is 0.0516 e. The average Bonchev–Trinajstić information content (AvgIpc) is 2.97. The van der Waals surface area contributed by atoms with E-state index in [1.807, 2.05) is 0 Å². The SMILES string of the molecule is c1cc2c3c(c1)c(C1CCNCC1)cn3CC2. The van der Waals surface area contributed by atoms with Gasteiger partial charge in [0.05, 0.1) is 5.52 Å². The van der Waals surface area contributed by atoms with Gasteiger partial charge in [-0.3, -0.25) is 0 Å². The summed E-state index contributed by atoms with van der Waals surface area (Å²) in [6, 6.07) is 6.84. The van der Waals surface area contributed by atoms with Gasteiger partial charge in [-0.1, -0.05) is 18.2 Å². The van der Waals surface area contributed by atoms with Crippen LogP contribution in [-0.4, -0.2) is 17.7 Å². The Labute approximate surface area is 102 Å². The van der Waals surface area contributed by atoms with Crippen LogP contribution in [0.2, 0.25) is 0 Å². The fraction of sp³-hybridized carbons (Fsp3) is 0.467. The molecule has 0 amide bonds. The van der Waals surface area contributed by atoms with E-state index in [9.17, 15) is 0 Å². The van der Waals surface area contributed by atoms with Crippen LogP contribution in [-0.2, 0) is 13.0 Å². The highest BCUT2D eigenvalue weighted by Crippen LogP contribution is 2.36. The van der Waals surface area contributed by atoms with E-state index in [0.29, 0.717) is 0 Å². The van der Waals surface area contributed by atoms with Crippen LogP contribution in [0.4, 0.5) is 0 Å². The highest BCUT2D eigenvalue weighted by atomic mass is 15.0. The van der Waals surface area contributed by atoms with Gasteiger partial charge in [0, 0.05) is 18.1 Å². The number of nitrogens with zero attached hydrogens (tertiary/aromatic N) is 1. The number of hydrogen-bond acceptors (Lipinski definition) is 1. The number of hydrogen-bond donors (Lipinski definition) is 1. The lowest BCUT2D eigenvalue weighted by atomic mass is 9.89. The number of piperidine rings is 1. The Morgan fingerprint density at radius 2 is 2.06 bits per heavy atom. The van der Waals surface area contributed by atoms with Gasteiger partial charge in [0.25, 0.3) is 0 Å². The molecule has 1 N–H and O–H groups in total. The first-order valence-corrected chi connectivity index (χ1v) is 6.75. The molecule has 1 aromatic carbocycles. The van der Waals surface area contributed by atoms with Crippen molar-refractivity contribution in [2.24, 2.45) is 0 Å². The second-order valence-corrected chi connectivity index (χ2v) is 5.37. The van der Waals surface area contributed by atoms with Crippen molar-refractivity contribution in [1.29, 1.82) is 0 Å². The minimum absolute atomic E-state index is 0.772. The number of aromatic nitrogens is 1. The van der Waals surface area contributed by atoms with Gasteiger partial charge in [-0.25, -0.2) is 0 Å². The van der Waals surface area contributed by atoms with E-state index in [4.69, 9.17) is 0 Å². The Morgan fingerprint density at radius 1 is 1.18 bits per heavy atom. The summed E-state index contributed by atoms with van der Waals surface area (Å²) < 4.78 is 2.47. The summed E-state index contributed by atoms with van der Waals surface area (Å²) in [5.41, 5.74) is 4.66. The fourth-order valence-electron chi connectivity index (χ4n) is 3.54. The first-order valence-electron chi connectivity index (χ1n) is 6.75. The van der Waals surface area contributed by atoms with Gasteiger partial charge in [-0.2, -0.15) is 0 Å². The van der Waals surface area contributed by atoms with Crippen LogP contribution in [0.3, 0.4) is 0 Å². The van der Waals surface area contributed by atoms with Crippen molar-refractivity contribution in [2.45, 2.75) is 31.7 Å². The van der Waals surface area contributed by atoms with Gasteiger partial charge in [-0.05, 0) is 49.4 Å². The molecule has 1 saturated heterocycles. The maximum atomic E-state index is 3.46. The minimum Gasteiger partial charge on any atom is -0.347 e. The molecule has 2 nitrogen and oxygen atoms in total. The number of nitrogens with one attached hydrogen (secondary N) is 1. The summed E-state index contributed by atoms with van der Waals surface area (Å²) >= 11 is 0. The van der Waals surface area contributed by atoms with Crippen molar-refractivity contribution in [1.82, 2.24) is 9.88 Å². The molecule has 0 saturated carbocycles. The zero-order valence-corrected chi connectivity index (χ0v) is 10.1. The molecule has 0 atom stereocenters. The highest BCUT2D eigenvalue weighted by Gasteiger charge is 2.23. The molecule has 2 aliphatic heterocycles. The molecular formula is C15H18N2. The van der Waals surface area contributed by atoms with Crippen LogP contribution in [0.25, 0.3) is 10.9 Å². The molecule has 0 bridgehead atoms. The third-order valence-corrected chi connectivity index (χ3v) is 4.41. The minimum atomic E-state index is 0.772. The van der Waals surface area contributed by atoms with E-state index in [-0.39, 0.29) is 0 Å². The molecular weight excluding hydrogens is 208 g/mol. The molecule has 0 aliphatic carbocycles. The van der Waals surface area contributed by atoms with Crippen molar-refractivity contribution in [3.63, 3.8) is 0 Å². The predicted octanol–water partition coefficient (Wildman–Crippen LogP) is 2.66. The van der Waals surface area contributed by atoms with Gasteiger partial charge in [0.15, 0.2) is 0 Å². The lowest BCUT2D eigenvalue weighted by Gasteiger charge is -2.22. The summed E-state index contributed by atoms with van der Waals surface area (Å²) in [5.74, 6) is 0.772. The van der Waals surface area contributed by atoms with Crippen LogP contribution in [0, 0.1) is 0 Å². The molecule has 0 radical (unpaired) electrons. The summed E-state index contributed by atoms with van der Waals surface area (Å²) in [7, 11) is 0. The number of benzene rings is 1. The Kier molecular flexibility index (Phi) is 2.06. The van der Waals surface area contributed by atoms with E-state index in [2.05, 4.69) is 34.3 Å². The van der Waals surface area contributed by atoms with Gasteiger partial charge in [0.1, 0.15) is 0 Å². The lowest BCUT2D eigenvalue weighted by Crippen LogP contribution is -2.26. The van der Waals surface area contributed by atoms with Gasteiger partial charge >= 0.3 is 0 Å². The first kappa shape index (κ1) is 9.72. The van der Waals surface area contributed by atoms with Crippen molar-refractivity contribution in [3.8, 4) is 0 Å². The van der Waals surface area contributed by atoms with E-state index in [1.54, 1.807) is 11.1 Å². The van der Waals surface area contributed by atoms with E-state index < -0.39 is 0 Å². The molecule has 2 aromatic rings. The number of para-hydroxylation sites is 1. The molecule has 2 aliphatic rings. The van der Waals surface area contributed by atoms with Crippen LogP contribution >= 0.6 is 0 Å². The van der Waals surface area contributed by atoms with Crippen LogP contribution in [0.5, 0.6) is 0 Å². The quantitative estimate of drug-likeness (QED) is 0.791. The second-order valence-electron chi connectivity index (χ2n) is 5.37. The first-order chi connectivity index (χ1) is 8.43. The monoisotopic (exact) mass is 226 g/mol. The third-order valence-electron chi connectivity index (χ3n) is 4.41. The summed E-state index contributed by atoms with van der Waals surface area (Å²) in [5, 5.41) is 4.98. The molecule has 17 heavy (non-hydrogen) atoms. The van der Waals surface area contributed by atoms with E-state index >= 15 is 0 Å². The summed E-state index contributed by atoms with van der Waals surface area (Å²) in [6.45, 7) is 3.54. The Morgan fingerprint density at radius 3 is 2.94 bits per heavy atom. The summed E-state index contributed by atoms with van der Waals surface area (Å²) in [6.07, 6.45) is 6.24. The van der Waals surface area contributed by atoms with Gasteiger partial charge in [0.2, 0.25) is 0 Å². The summed E-state index contributed by atoms with van der Waals surface area (Å²) in [4.78, 5) is 0. The number of aryl methyl sites for hydroxylation is 2. The molecule has 3 heterocycles. The van der Waals surface area contributed by atoms with Crippen molar-refractivity contribution in [2.75, 3.05) is 13.1 Å². The lowest BCUT2D eigenvalue weighted by molar-refractivity contribution is 0.461. The van der Waals surface area contributed by atoms with Crippen molar-refractivity contribution < 1.29 is 0 Å². The highest BCUT2D eigenvalue weighted by molar-refractivity contribution is 5.88. The molecule has 4 rings (SSSR count). The van der Waals surface area contributed by atoms with Crippen molar-refractivity contribution >= 4 is 10.9 Å². The van der Waals surface area contributed by atoms with Crippen LogP contribution < -0.4 is 5.32 Å². The smallest absolute Gasteiger partial charge is 0.0516 e. The Bertz CT molecular complexity index is 562. The largest absolute Gasteiger partial charge is 0.347 e. The van der Waals surface area contributed by atoms with Gasteiger partial charge in [-0.15, -0.1) is 0 Å². The van der Waals surface area contributed by atoms with Crippen molar-refractivity contribution in [3.05, 3.63) is 35.5 Å². The Balaban J connectivity index is 1.88. The zero-order chi connectivity index (χ0) is 11.2. The molecule has 1 fully saturated rings. The average molecular weight is 226 g/mol. The topological polar surface area (TPSA) is 17.0 Å². The fourth-order valence-corrected chi connectivity index (χ4v) is 3.54. The van der Waals surface area contributed by atoms with Gasteiger partial charge < -0.3 is 9.88 Å². The molecule has 2 heteroatoms. The van der Waals surface area contributed by atoms with Crippen LogP contribution in [0.15, 0.2) is 24.4 Å². The molecule has 1 aromatic heterocycles. The zero-order valence-electron chi connectivity index (χ0n) is 10.1. The molecule has 0 unspecified atom stereocenters. The molecule has 0 spiro atoms. The maximum absolute atomic E-state index is 3.46. The Hall–Kier alpha value is -1.28. The van der Waals surface area contributed by atoms with Crippen LogP contribution in [0.1, 0.15) is 29.9 Å². The molecule has 88 valence electrons. The van der Waals surface area contributed by atoms with E-state index in [1.165, 1.54) is 49.8 Å². The standard InChI is InChI=1S/C15H18N2/c1-2-12-6-9-17-10-14(13(3-1)15(12)17)11-4-7-16-8-5-11/h1-3,10-11,16H,4-9H2. The van der Waals surface area contributed by atoms with E-state index in [0.717, 1.165) is 5.92 Å². The predicted molar refractivity (Wildman–Crippen MR) is 70.5 cm³/mol. The third kappa shape index (κ3) is 1.37. The second kappa shape index (κ2) is 3.61. The number of rotatable bonds is 1.